The highest BCUT2D eigenvalue weighted by molar-refractivity contribution is 7.80. The fraction of sp³-hybridized carbons (Fsp3) is 0.692. The summed E-state index contributed by atoms with van der Waals surface area (Å²) < 4.78 is 0. The molecule has 1 aliphatic rings. The number of aliphatic hydroxyl groups is 2. The van der Waals surface area contributed by atoms with E-state index in [1.807, 2.05) is 0 Å². The summed E-state index contributed by atoms with van der Waals surface area (Å²) in [7, 11) is 0. The lowest BCUT2D eigenvalue weighted by molar-refractivity contribution is -0.143. The number of carboxylic acids is 1. The number of likely N-dealkylation sites (tertiary alicyclic amines) is 1. The highest BCUT2D eigenvalue weighted by Crippen LogP contribution is 2.18. The van der Waals surface area contributed by atoms with Gasteiger partial charge in [-0.05, 0) is 38.6 Å². The minimum absolute atomic E-state index is 0.0984. The first-order chi connectivity index (χ1) is 22.3. The van der Waals surface area contributed by atoms with E-state index in [4.69, 9.17) is 21.7 Å². The van der Waals surface area contributed by atoms with Gasteiger partial charge in [-0.25, -0.2) is 4.79 Å². The summed E-state index contributed by atoms with van der Waals surface area (Å²) in [5, 5.41) is 41.5. The van der Waals surface area contributed by atoms with Crippen LogP contribution in [0.25, 0.3) is 0 Å². The molecule has 0 saturated carbocycles. The molecular formula is C26H45N9O11S. The molecule has 0 aromatic carbocycles. The van der Waals surface area contributed by atoms with E-state index in [0.29, 0.717) is 25.8 Å². The summed E-state index contributed by atoms with van der Waals surface area (Å²) in [6.45, 7) is -2.69. The number of nitrogens with one attached hydrogen (secondary N) is 6. The first kappa shape index (κ1) is 41.0. The molecule has 5 unspecified atom stereocenters. The normalized spacial score (nSPS) is 16.5. The number of carboxylic acid groups (broad SMARTS) is 1. The van der Waals surface area contributed by atoms with Gasteiger partial charge in [-0.2, -0.15) is 12.6 Å². The smallest absolute Gasteiger partial charge is 0.328 e. The number of nitrogens with zero attached hydrogens (tertiary/aromatic N) is 1. The summed E-state index contributed by atoms with van der Waals surface area (Å²) in [6.07, 6.45) is 1.75. The predicted molar refractivity (Wildman–Crippen MR) is 166 cm³/mol. The third-order valence-electron chi connectivity index (χ3n) is 6.92. The van der Waals surface area contributed by atoms with Crippen LogP contribution < -0.4 is 43.4 Å². The molecule has 1 rings (SSSR count). The quantitative estimate of drug-likeness (QED) is 0.0394. The van der Waals surface area contributed by atoms with Gasteiger partial charge < -0.3 is 63.6 Å². The second kappa shape index (κ2) is 21.7. The summed E-state index contributed by atoms with van der Waals surface area (Å²) in [4.78, 5) is 99.6. The van der Waals surface area contributed by atoms with Gasteiger partial charge in [0, 0.05) is 12.3 Å². The number of hydrogen-bond acceptors (Lipinski definition) is 13. The van der Waals surface area contributed by atoms with Crippen molar-refractivity contribution in [1.29, 1.82) is 0 Å². The van der Waals surface area contributed by atoms with Crippen molar-refractivity contribution < 1.29 is 53.7 Å². The molecule has 0 radical (unpaired) electrons. The van der Waals surface area contributed by atoms with E-state index in [0.717, 1.165) is 0 Å². The maximum atomic E-state index is 12.8. The highest BCUT2D eigenvalue weighted by atomic mass is 32.1. The molecule has 1 heterocycles. The summed E-state index contributed by atoms with van der Waals surface area (Å²) in [6, 6.07) is -6.28. The Kier molecular flexibility index (Phi) is 18.9. The molecule has 0 aromatic heterocycles. The molecule has 47 heavy (non-hydrogen) atoms. The zero-order chi connectivity index (χ0) is 35.5. The molecule has 5 atom stereocenters. The van der Waals surface area contributed by atoms with Gasteiger partial charge in [0.25, 0.3) is 0 Å². The molecule has 13 N–H and O–H groups in total. The molecule has 0 spiro atoms. The molecule has 21 heteroatoms. The number of aliphatic carboxylic acids is 1. The van der Waals surface area contributed by atoms with E-state index in [9.17, 15) is 43.5 Å². The summed E-state index contributed by atoms with van der Waals surface area (Å²) in [5.41, 5.74) is 10.7. The van der Waals surface area contributed by atoms with Crippen LogP contribution in [-0.2, 0) is 38.4 Å². The van der Waals surface area contributed by atoms with Crippen molar-refractivity contribution in [3.63, 3.8) is 0 Å². The van der Waals surface area contributed by atoms with E-state index in [-0.39, 0.29) is 25.1 Å². The highest BCUT2D eigenvalue weighted by Gasteiger charge is 2.37. The molecule has 0 aliphatic carbocycles. The fourth-order valence-electron chi connectivity index (χ4n) is 4.42. The molecule has 20 nitrogen and oxygen atoms in total. The Hall–Kier alpha value is -4.05. The van der Waals surface area contributed by atoms with Crippen molar-refractivity contribution in [3.05, 3.63) is 0 Å². The van der Waals surface area contributed by atoms with E-state index in [1.54, 1.807) is 0 Å². The number of rotatable bonds is 21. The Morgan fingerprint density at radius 3 is 1.91 bits per heavy atom. The number of carbonyl (C=O) groups is 8. The average molecular weight is 692 g/mol. The Morgan fingerprint density at radius 1 is 0.766 bits per heavy atom. The maximum absolute atomic E-state index is 12.8. The molecule has 1 aliphatic heterocycles. The van der Waals surface area contributed by atoms with Crippen molar-refractivity contribution in [2.75, 3.05) is 51.7 Å². The van der Waals surface area contributed by atoms with Crippen LogP contribution in [0.1, 0.15) is 32.1 Å². The van der Waals surface area contributed by atoms with Crippen LogP contribution in [0.4, 0.5) is 0 Å². The first-order valence-electron chi connectivity index (χ1n) is 14.8. The van der Waals surface area contributed by atoms with Crippen LogP contribution in [0.2, 0.25) is 0 Å². The van der Waals surface area contributed by atoms with Crippen LogP contribution in [0.3, 0.4) is 0 Å². The SMILES string of the molecule is NCCCCC(NC(=O)CNC(=O)C(CS)NC(=O)CNC(=O)C1CCCN1C(=O)C(CO)NC(=O)CN)C(=O)NC(CO)C(=O)O. The van der Waals surface area contributed by atoms with Crippen molar-refractivity contribution in [2.24, 2.45) is 11.5 Å². The van der Waals surface area contributed by atoms with E-state index in [2.05, 4.69) is 44.5 Å². The number of hydrogen-bond donors (Lipinski definition) is 12. The molecule has 0 aromatic rings. The molecule has 0 bridgehead atoms. The molecule has 266 valence electrons. The van der Waals surface area contributed by atoms with Gasteiger partial charge >= 0.3 is 5.97 Å². The van der Waals surface area contributed by atoms with Gasteiger partial charge in [-0.3, -0.25) is 33.6 Å². The lowest BCUT2D eigenvalue weighted by atomic mass is 10.1. The monoisotopic (exact) mass is 691 g/mol. The van der Waals surface area contributed by atoms with Crippen LogP contribution in [0.15, 0.2) is 0 Å². The Balaban J connectivity index is 2.66. The van der Waals surface area contributed by atoms with Gasteiger partial charge in [0.05, 0.1) is 32.8 Å². The largest absolute Gasteiger partial charge is 0.480 e. The Morgan fingerprint density at radius 2 is 1.36 bits per heavy atom. The van der Waals surface area contributed by atoms with Crippen LogP contribution in [0.5, 0.6) is 0 Å². The number of nitrogens with two attached hydrogens (primary N) is 2. The standard InChI is InChI=1S/C26H45N9O11S/c27-6-2-1-4-14(23(42)34-16(12-37)26(45)46)31-20(39)9-29-22(41)17(13-47)33-21(40)10-30-24(43)18-5-3-7-35(18)25(44)15(11-36)32-19(38)8-28/h14-18,36-37,47H,1-13,27-28H2,(H,29,41)(H,30,43)(H,31,39)(H,32,38)(H,33,40)(H,34,42)(H,45,46). The third kappa shape index (κ3) is 14.1. The minimum Gasteiger partial charge on any atom is -0.480 e. The summed E-state index contributed by atoms with van der Waals surface area (Å²) in [5.74, 6) is -6.97. The Labute approximate surface area is 275 Å². The number of amides is 7. The maximum Gasteiger partial charge on any atom is 0.328 e. The summed E-state index contributed by atoms with van der Waals surface area (Å²) >= 11 is 4.04. The van der Waals surface area contributed by atoms with Gasteiger partial charge in [0.2, 0.25) is 41.4 Å². The van der Waals surface area contributed by atoms with Gasteiger partial charge in [-0.1, -0.05) is 0 Å². The second-order valence-electron chi connectivity index (χ2n) is 10.4. The fourth-order valence-corrected chi connectivity index (χ4v) is 4.68. The first-order valence-corrected chi connectivity index (χ1v) is 15.5. The molecule has 1 saturated heterocycles. The molecule has 1 fully saturated rings. The van der Waals surface area contributed by atoms with Crippen LogP contribution in [0, 0.1) is 0 Å². The van der Waals surface area contributed by atoms with Crippen molar-refractivity contribution in [3.8, 4) is 0 Å². The predicted octanol–water partition coefficient (Wildman–Crippen LogP) is -6.76. The Bertz CT molecular complexity index is 1130. The average Bonchev–Trinajstić information content (AvgIpc) is 3.55. The van der Waals surface area contributed by atoms with E-state index >= 15 is 0 Å². The lowest BCUT2D eigenvalue weighted by Crippen LogP contribution is -2.56. The van der Waals surface area contributed by atoms with Crippen molar-refractivity contribution >= 4 is 59.9 Å². The minimum atomic E-state index is -1.59. The zero-order valence-electron chi connectivity index (χ0n) is 25.7. The van der Waals surface area contributed by atoms with Crippen molar-refractivity contribution in [1.82, 2.24) is 36.8 Å². The number of unbranched alkanes of at least 4 members (excludes halogenated alkanes) is 1. The van der Waals surface area contributed by atoms with Gasteiger partial charge in [0.15, 0.2) is 0 Å². The molecular weight excluding hydrogens is 646 g/mol. The lowest BCUT2D eigenvalue weighted by Gasteiger charge is -2.27. The van der Waals surface area contributed by atoms with E-state index in [1.165, 1.54) is 4.90 Å². The number of carbonyl (C=O) groups excluding carboxylic acids is 7. The van der Waals surface area contributed by atoms with Crippen LogP contribution in [-0.4, -0.2) is 149 Å². The number of aliphatic hydroxyl groups excluding tert-OH is 2. The second-order valence-corrected chi connectivity index (χ2v) is 10.8. The zero-order valence-corrected chi connectivity index (χ0v) is 26.6. The van der Waals surface area contributed by atoms with Gasteiger partial charge in [0.1, 0.15) is 30.2 Å². The van der Waals surface area contributed by atoms with E-state index < -0.39 is 110 Å². The molecule has 7 amide bonds. The van der Waals surface area contributed by atoms with Crippen LogP contribution >= 0.6 is 12.6 Å². The third-order valence-corrected chi connectivity index (χ3v) is 7.28. The topological polar surface area (TPSA) is 325 Å². The van der Waals surface area contributed by atoms with Crippen molar-refractivity contribution in [2.45, 2.75) is 62.3 Å². The number of thiol groups is 1. The van der Waals surface area contributed by atoms with Gasteiger partial charge in [-0.15, -0.1) is 0 Å².